The van der Waals surface area contributed by atoms with Crippen LogP contribution in [0.4, 0.5) is 5.69 Å². The van der Waals surface area contributed by atoms with Gasteiger partial charge in [0.25, 0.3) is 11.8 Å². The van der Waals surface area contributed by atoms with Crippen molar-refractivity contribution < 1.29 is 24.3 Å². The molecule has 1 N–H and O–H groups in total. The van der Waals surface area contributed by atoms with Crippen LogP contribution in [0.25, 0.3) is 10.8 Å². The molecule has 2 heterocycles. The summed E-state index contributed by atoms with van der Waals surface area (Å²) in [6.45, 7) is 0. The summed E-state index contributed by atoms with van der Waals surface area (Å²) in [6.07, 6.45) is 1.99. The number of aromatic hydroxyl groups is 1. The number of fused-ring (bicyclic) bond motifs is 5. The molecular weight excluding hydrogens is 711 g/mol. The fraction of sp³-hybridized carbons (Fsp3) is 0.290. The average Bonchev–Trinajstić information content (AvgIpc) is 3.32. The molecule has 11 heteroatoms. The molecule has 3 aromatic carbocycles. The Hall–Kier alpha value is -2.72. The Kier molecular flexibility index (Phi) is 6.45. The van der Waals surface area contributed by atoms with Crippen LogP contribution in [0.2, 0.25) is 0 Å². The highest BCUT2D eigenvalue weighted by Crippen LogP contribution is 2.66. The maximum atomic E-state index is 14.1. The molecule has 0 aromatic heterocycles. The molecule has 7 rings (SSSR count). The third-order valence-corrected chi connectivity index (χ3v) is 11.8. The minimum absolute atomic E-state index is 0.107. The second-order valence-corrected chi connectivity index (χ2v) is 13.9. The van der Waals surface area contributed by atoms with Gasteiger partial charge in [-0.1, -0.05) is 73.8 Å². The number of anilines is 1. The van der Waals surface area contributed by atoms with Gasteiger partial charge in [0, 0.05) is 16.0 Å². The standard InChI is InChI=1S/C31H22Br2Cl2N2O5/c32-14-36-28(41)30(34)13-21-19(10-11-20-23(21)27(40)37(26(20)39)17-8-6-16(33)7-9-17)25(31(30,35)29(36)42)24-18-4-2-1-3-15(18)5-12-22(24)38/h1-10,12,20-21,23,25,38H,11,13-14H2/t20-,21+,23-,25+,30+,31-/m0/s1. The Labute approximate surface area is 267 Å². The van der Waals surface area contributed by atoms with Crippen LogP contribution in [0, 0.1) is 17.8 Å². The Morgan fingerprint density at radius 2 is 1.62 bits per heavy atom. The van der Waals surface area contributed by atoms with Gasteiger partial charge in [-0.25, -0.2) is 0 Å². The van der Waals surface area contributed by atoms with E-state index >= 15 is 0 Å². The second-order valence-electron chi connectivity index (χ2n) is 11.2. The van der Waals surface area contributed by atoms with E-state index in [9.17, 15) is 24.3 Å². The maximum Gasteiger partial charge on any atom is 0.254 e. The number of rotatable bonds is 3. The van der Waals surface area contributed by atoms with Gasteiger partial charge in [0.05, 0.1) is 23.0 Å². The number of carbonyl (C=O) groups excluding carboxylic acids is 4. The fourth-order valence-corrected chi connectivity index (χ4v) is 9.18. The summed E-state index contributed by atoms with van der Waals surface area (Å²) in [5.74, 6) is -5.39. The minimum Gasteiger partial charge on any atom is -0.508 e. The van der Waals surface area contributed by atoms with Crippen molar-refractivity contribution >= 4 is 95.2 Å². The first kappa shape index (κ1) is 28.1. The van der Waals surface area contributed by atoms with E-state index in [0.717, 1.165) is 14.8 Å². The Balaban J connectivity index is 1.45. The van der Waals surface area contributed by atoms with Gasteiger partial charge in [0.2, 0.25) is 11.8 Å². The predicted octanol–water partition coefficient (Wildman–Crippen LogP) is 6.22. The van der Waals surface area contributed by atoms with Crippen molar-refractivity contribution in [2.75, 3.05) is 10.4 Å². The zero-order valence-corrected chi connectivity index (χ0v) is 26.5. The average molecular weight is 733 g/mol. The summed E-state index contributed by atoms with van der Waals surface area (Å²) in [5.41, 5.74) is 1.33. The van der Waals surface area contributed by atoms with Crippen LogP contribution >= 0.6 is 55.1 Å². The molecule has 4 aliphatic rings. The minimum atomic E-state index is -1.99. The topological polar surface area (TPSA) is 95.0 Å². The van der Waals surface area contributed by atoms with Crippen molar-refractivity contribution in [3.8, 4) is 5.75 Å². The van der Waals surface area contributed by atoms with Crippen LogP contribution in [0.1, 0.15) is 24.3 Å². The van der Waals surface area contributed by atoms with Gasteiger partial charge >= 0.3 is 0 Å². The molecule has 6 atom stereocenters. The second kappa shape index (κ2) is 9.64. The molecule has 1 saturated carbocycles. The first-order valence-corrected chi connectivity index (χ1v) is 16.1. The van der Waals surface area contributed by atoms with E-state index in [2.05, 4.69) is 31.9 Å². The molecule has 4 amide bonds. The number of allylic oxidation sites excluding steroid dienone is 2. The van der Waals surface area contributed by atoms with Crippen molar-refractivity contribution in [3.05, 3.63) is 82.3 Å². The normalized spacial score (nSPS) is 32.2. The lowest BCUT2D eigenvalue weighted by atomic mass is 9.56. The van der Waals surface area contributed by atoms with Crippen molar-refractivity contribution in [1.29, 1.82) is 0 Å². The lowest BCUT2D eigenvalue weighted by Gasteiger charge is -2.51. The fourth-order valence-electron chi connectivity index (χ4n) is 7.50. The number of benzene rings is 3. The number of likely N-dealkylation sites (tertiary alicyclic amines) is 1. The van der Waals surface area contributed by atoms with E-state index in [0.29, 0.717) is 22.2 Å². The number of amides is 4. The summed E-state index contributed by atoms with van der Waals surface area (Å²) in [4.78, 5) is 54.0. The summed E-state index contributed by atoms with van der Waals surface area (Å²) >= 11 is 21.3. The lowest BCUT2D eigenvalue weighted by molar-refractivity contribution is -0.138. The molecule has 7 nitrogen and oxygen atoms in total. The summed E-state index contributed by atoms with van der Waals surface area (Å²) in [6, 6.07) is 17.6. The van der Waals surface area contributed by atoms with Crippen LogP contribution in [0.3, 0.4) is 0 Å². The van der Waals surface area contributed by atoms with Crippen LogP contribution < -0.4 is 4.90 Å². The van der Waals surface area contributed by atoms with Gasteiger partial charge in [0.1, 0.15) is 5.75 Å². The molecule has 0 radical (unpaired) electrons. The lowest BCUT2D eigenvalue weighted by Crippen LogP contribution is -2.60. The maximum absolute atomic E-state index is 14.1. The number of nitrogens with zero attached hydrogens (tertiary/aromatic N) is 2. The molecule has 0 bridgehead atoms. The van der Waals surface area contributed by atoms with Crippen LogP contribution in [-0.2, 0) is 19.2 Å². The number of alkyl halides is 3. The number of carbonyl (C=O) groups is 4. The summed E-state index contributed by atoms with van der Waals surface area (Å²) < 4.78 is 0.806. The Morgan fingerprint density at radius 3 is 2.33 bits per heavy atom. The number of phenols is 1. The molecule has 3 fully saturated rings. The van der Waals surface area contributed by atoms with Gasteiger partial charge in [-0.2, -0.15) is 0 Å². The zero-order valence-electron chi connectivity index (χ0n) is 21.8. The molecule has 214 valence electrons. The molecule has 2 aliphatic heterocycles. The largest absolute Gasteiger partial charge is 0.508 e. The van der Waals surface area contributed by atoms with Crippen molar-refractivity contribution in [3.63, 3.8) is 0 Å². The number of hydrogen-bond donors (Lipinski definition) is 1. The third-order valence-electron chi connectivity index (χ3n) is 9.34. The molecule has 42 heavy (non-hydrogen) atoms. The SMILES string of the molecule is O=C1[C@H]2[C@H](CC=C3[C@H]2C[C@@]2(Cl)C(=O)N(CBr)C(=O)[C@@]2(Cl)[C@H]3c2c(O)ccc3ccccc23)C(=O)N1c1ccc(Br)cc1. The van der Waals surface area contributed by atoms with E-state index in [1.54, 1.807) is 30.3 Å². The van der Waals surface area contributed by atoms with E-state index in [-0.39, 0.29) is 35.9 Å². The van der Waals surface area contributed by atoms with Crippen LogP contribution in [0.5, 0.6) is 5.75 Å². The van der Waals surface area contributed by atoms with Crippen molar-refractivity contribution in [1.82, 2.24) is 4.90 Å². The molecule has 0 spiro atoms. The highest BCUT2D eigenvalue weighted by molar-refractivity contribution is 9.10. The monoisotopic (exact) mass is 730 g/mol. The summed E-state index contributed by atoms with van der Waals surface area (Å²) in [5, 5.41) is 12.8. The molecule has 0 unspecified atom stereocenters. The van der Waals surface area contributed by atoms with Gasteiger partial charge < -0.3 is 5.11 Å². The van der Waals surface area contributed by atoms with Gasteiger partial charge in [0.15, 0.2) is 9.75 Å². The summed E-state index contributed by atoms with van der Waals surface area (Å²) in [7, 11) is 0. The third kappa shape index (κ3) is 3.51. The van der Waals surface area contributed by atoms with Gasteiger partial charge in [-0.15, -0.1) is 23.2 Å². The van der Waals surface area contributed by atoms with Crippen molar-refractivity contribution in [2.45, 2.75) is 28.5 Å². The van der Waals surface area contributed by atoms with E-state index in [4.69, 9.17) is 23.2 Å². The zero-order chi connectivity index (χ0) is 29.7. The Morgan fingerprint density at radius 1 is 0.905 bits per heavy atom. The predicted molar refractivity (Wildman–Crippen MR) is 166 cm³/mol. The first-order valence-electron chi connectivity index (χ1n) is 13.4. The van der Waals surface area contributed by atoms with E-state index in [1.807, 2.05) is 30.3 Å². The van der Waals surface area contributed by atoms with E-state index in [1.165, 1.54) is 11.0 Å². The highest BCUT2D eigenvalue weighted by Gasteiger charge is 2.76. The molecular formula is C31H22Br2Cl2N2O5. The number of halogens is 4. The Bertz CT molecular complexity index is 1760. The van der Waals surface area contributed by atoms with Crippen LogP contribution in [-0.4, -0.2) is 48.8 Å². The van der Waals surface area contributed by atoms with Gasteiger partial charge in [-0.3, -0.25) is 29.0 Å². The van der Waals surface area contributed by atoms with Crippen molar-refractivity contribution in [2.24, 2.45) is 17.8 Å². The number of phenolic OH excluding ortho intramolecular Hbond substituents is 1. The molecule has 3 aromatic rings. The molecule has 2 aliphatic carbocycles. The quantitative estimate of drug-likeness (QED) is 0.149. The highest BCUT2D eigenvalue weighted by atomic mass is 79.9. The van der Waals surface area contributed by atoms with E-state index < -0.39 is 45.2 Å². The molecule has 2 saturated heterocycles. The first-order chi connectivity index (χ1) is 20.0. The van der Waals surface area contributed by atoms with Gasteiger partial charge in [-0.05, 0) is 59.9 Å². The smallest absolute Gasteiger partial charge is 0.254 e. The number of hydrogen-bond acceptors (Lipinski definition) is 5. The van der Waals surface area contributed by atoms with Crippen LogP contribution in [0.15, 0.2) is 76.8 Å². The number of imide groups is 2.